The number of hydrogen-bond acceptors (Lipinski definition) is 5. The molecule has 0 aromatic carbocycles. The van der Waals surface area contributed by atoms with Crippen LogP contribution in [0.3, 0.4) is 0 Å². The number of nitrogens with one attached hydrogen (secondary N) is 1. The SMILES string of the molecule is CN1CCC(Nc2cc(=O)n(C3(C(F)(F)F)CC3)cc2C(=O)[O-])CC1.[Li+]. The van der Waals surface area contributed by atoms with E-state index in [1.807, 2.05) is 7.05 Å². The topological polar surface area (TPSA) is 77.4 Å². The van der Waals surface area contributed by atoms with Crippen LogP contribution in [0.2, 0.25) is 0 Å². The number of pyridine rings is 1. The second kappa shape index (κ2) is 7.29. The maximum Gasteiger partial charge on any atom is 1.00 e. The van der Waals surface area contributed by atoms with Gasteiger partial charge in [0.1, 0.15) is 5.54 Å². The average Bonchev–Trinajstić information content (AvgIpc) is 3.30. The van der Waals surface area contributed by atoms with E-state index >= 15 is 0 Å². The summed E-state index contributed by atoms with van der Waals surface area (Å²) in [5.41, 5.74) is -3.56. The first-order chi connectivity index (χ1) is 11.6. The summed E-state index contributed by atoms with van der Waals surface area (Å²) in [5.74, 6) is -1.61. The largest absolute Gasteiger partial charge is 1.00 e. The molecule has 0 radical (unpaired) electrons. The number of alkyl halides is 3. The van der Waals surface area contributed by atoms with E-state index < -0.39 is 28.8 Å². The molecule has 0 atom stereocenters. The Hall–Kier alpha value is -1.43. The first kappa shape index (κ1) is 20.9. The van der Waals surface area contributed by atoms with Gasteiger partial charge in [-0.1, -0.05) is 0 Å². The molecule has 2 fully saturated rings. The third-order valence-corrected chi connectivity index (χ3v) is 5.06. The van der Waals surface area contributed by atoms with Crippen molar-refractivity contribution in [3.63, 3.8) is 0 Å². The molecule has 138 valence electrons. The van der Waals surface area contributed by atoms with Crippen molar-refractivity contribution in [3.05, 3.63) is 28.2 Å². The molecule has 1 saturated heterocycles. The van der Waals surface area contributed by atoms with Crippen molar-refractivity contribution in [3.8, 4) is 0 Å². The zero-order valence-electron chi connectivity index (χ0n) is 14.7. The van der Waals surface area contributed by atoms with E-state index in [2.05, 4.69) is 10.2 Å². The van der Waals surface area contributed by atoms with Gasteiger partial charge in [-0.15, -0.1) is 0 Å². The van der Waals surface area contributed by atoms with E-state index in [1.54, 1.807) is 0 Å². The molecule has 26 heavy (non-hydrogen) atoms. The number of carbonyl (C=O) groups is 1. The van der Waals surface area contributed by atoms with E-state index in [0.29, 0.717) is 4.57 Å². The van der Waals surface area contributed by atoms with Crippen molar-refractivity contribution < 1.29 is 41.9 Å². The second-order valence-electron chi connectivity index (χ2n) is 6.85. The summed E-state index contributed by atoms with van der Waals surface area (Å²) in [4.78, 5) is 25.8. The number of carboxylic acids is 1. The van der Waals surface area contributed by atoms with Crippen molar-refractivity contribution in [1.82, 2.24) is 9.47 Å². The van der Waals surface area contributed by atoms with Crippen LogP contribution in [0.5, 0.6) is 0 Å². The van der Waals surface area contributed by atoms with E-state index in [0.717, 1.165) is 38.2 Å². The fourth-order valence-electron chi connectivity index (χ4n) is 3.30. The zero-order chi connectivity index (χ0) is 18.4. The van der Waals surface area contributed by atoms with Gasteiger partial charge in [0, 0.05) is 23.9 Å². The molecular formula is C16H19F3LiN3O3. The van der Waals surface area contributed by atoms with Crippen molar-refractivity contribution in [1.29, 1.82) is 0 Å². The van der Waals surface area contributed by atoms with Gasteiger partial charge in [0.25, 0.3) is 5.56 Å². The van der Waals surface area contributed by atoms with Crippen LogP contribution >= 0.6 is 0 Å². The number of nitrogens with zero attached hydrogens (tertiary/aromatic N) is 2. The third kappa shape index (κ3) is 3.80. The smallest absolute Gasteiger partial charge is 0.545 e. The van der Waals surface area contributed by atoms with Gasteiger partial charge < -0.3 is 20.1 Å². The Kier molecular flexibility index (Phi) is 5.86. The minimum absolute atomic E-state index is 0. The van der Waals surface area contributed by atoms with Crippen LogP contribution in [0.15, 0.2) is 17.1 Å². The van der Waals surface area contributed by atoms with Gasteiger partial charge in [-0.25, -0.2) is 0 Å². The molecule has 10 heteroatoms. The minimum atomic E-state index is -4.61. The summed E-state index contributed by atoms with van der Waals surface area (Å²) in [6.45, 7) is 1.62. The number of aromatic nitrogens is 1. The molecule has 2 aliphatic rings. The van der Waals surface area contributed by atoms with Crippen molar-refractivity contribution in [2.75, 3.05) is 25.5 Å². The molecule has 1 N–H and O–H groups in total. The average molecular weight is 365 g/mol. The first-order valence-electron chi connectivity index (χ1n) is 8.14. The van der Waals surface area contributed by atoms with Crippen LogP contribution < -0.4 is 34.8 Å². The Morgan fingerprint density at radius 3 is 2.35 bits per heavy atom. The summed E-state index contributed by atoms with van der Waals surface area (Å²) in [7, 11) is 1.97. The number of anilines is 1. The maximum atomic E-state index is 13.3. The molecule has 1 aliphatic carbocycles. The predicted octanol–water partition coefficient (Wildman–Crippen LogP) is -2.23. The third-order valence-electron chi connectivity index (χ3n) is 5.06. The quantitative estimate of drug-likeness (QED) is 0.612. The fourth-order valence-corrected chi connectivity index (χ4v) is 3.30. The molecule has 1 saturated carbocycles. The predicted molar refractivity (Wildman–Crippen MR) is 82.4 cm³/mol. The van der Waals surface area contributed by atoms with Crippen LogP contribution in [0.4, 0.5) is 18.9 Å². The summed E-state index contributed by atoms with van der Waals surface area (Å²) >= 11 is 0. The van der Waals surface area contributed by atoms with Crippen LogP contribution in [-0.4, -0.2) is 47.8 Å². The van der Waals surface area contributed by atoms with E-state index in [1.165, 1.54) is 0 Å². The Labute approximate surface area is 160 Å². The standard InChI is InChI=1S/C16H20F3N3O3.Li/c1-21-6-2-10(3-7-21)20-12-8-13(23)22(9-11(12)14(24)25)15(4-5-15)16(17,18)19;/h8-10,20H,2-7H2,1H3,(H,24,25);/q;+1/p-1. The molecule has 1 aromatic heterocycles. The van der Waals surface area contributed by atoms with Crippen LogP contribution in [0.25, 0.3) is 0 Å². The Balaban J connectivity index is 0.00000243. The number of hydrogen-bond donors (Lipinski definition) is 1. The Morgan fingerprint density at radius 1 is 1.31 bits per heavy atom. The molecule has 0 amide bonds. The number of piperidine rings is 1. The number of halogens is 3. The molecule has 1 aromatic rings. The zero-order valence-corrected chi connectivity index (χ0v) is 14.7. The van der Waals surface area contributed by atoms with Gasteiger partial charge in [-0.2, -0.15) is 13.2 Å². The van der Waals surface area contributed by atoms with Gasteiger partial charge in [-0.3, -0.25) is 9.36 Å². The Bertz CT molecular complexity index is 738. The van der Waals surface area contributed by atoms with Gasteiger partial charge in [0.05, 0.1) is 11.7 Å². The molecular weight excluding hydrogens is 346 g/mol. The van der Waals surface area contributed by atoms with Gasteiger partial charge in [0.2, 0.25) is 0 Å². The molecule has 1 aliphatic heterocycles. The normalized spacial score (nSPS) is 20.3. The van der Waals surface area contributed by atoms with Gasteiger partial charge in [0.15, 0.2) is 0 Å². The monoisotopic (exact) mass is 365 g/mol. The summed E-state index contributed by atoms with van der Waals surface area (Å²) in [6.07, 6.45) is -2.80. The Morgan fingerprint density at radius 2 is 1.88 bits per heavy atom. The first-order valence-corrected chi connectivity index (χ1v) is 8.14. The molecule has 3 rings (SSSR count). The summed E-state index contributed by atoms with van der Waals surface area (Å²) in [6, 6.07) is 0.900. The molecule has 0 bridgehead atoms. The number of aromatic carboxylic acids is 1. The van der Waals surface area contributed by atoms with E-state index in [9.17, 15) is 27.9 Å². The number of rotatable bonds is 4. The van der Waals surface area contributed by atoms with E-state index in [4.69, 9.17) is 0 Å². The molecule has 0 unspecified atom stereocenters. The fraction of sp³-hybridized carbons (Fsp3) is 0.625. The molecule has 6 nitrogen and oxygen atoms in total. The second-order valence-corrected chi connectivity index (χ2v) is 6.85. The van der Waals surface area contributed by atoms with Crippen molar-refractivity contribution >= 4 is 11.7 Å². The van der Waals surface area contributed by atoms with Crippen molar-refractivity contribution in [2.24, 2.45) is 0 Å². The van der Waals surface area contributed by atoms with Gasteiger partial charge >= 0.3 is 25.0 Å². The van der Waals surface area contributed by atoms with E-state index in [-0.39, 0.29) is 43.4 Å². The van der Waals surface area contributed by atoms with Gasteiger partial charge in [-0.05, 0) is 45.8 Å². The maximum absolute atomic E-state index is 13.3. The van der Waals surface area contributed by atoms with Crippen molar-refractivity contribution in [2.45, 2.75) is 43.4 Å². The van der Waals surface area contributed by atoms with Crippen LogP contribution in [-0.2, 0) is 5.54 Å². The summed E-state index contributed by atoms with van der Waals surface area (Å²) < 4.78 is 40.3. The number of likely N-dealkylation sites (tertiary alicyclic amines) is 1. The molecule has 0 spiro atoms. The minimum Gasteiger partial charge on any atom is -0.545 e. The molecule has 2 heterocycles. The van der Waals surface area contributed by atoms with Crippen LogP contribution in [0.1, 0.15) is 36.0 Å². The van der Waals surface area contributed by atoms with Crippen LogP contribution in [0, 0.1) is 0 Å². The number of carboxylic acid groups (broad SMARTS) is 1. The number of carbonyl (C=O) groups excluding carboxylic acids is 1. The summed E-state index contributed by atoms with van der Waals surface area (Å²) in [5, 5.41) is 14.4.